The highest BCUT2D eigenvalue weighted by atomic mass is 19.3. The lowest BCUT2D eigenvalue weighted by Gasteiger charge is -2.13. The number of allylic oxidation sites excluding steroid dienone is 3. The van der Waals surface area contributed by atoms with Crippen LogP contribution in [0.2, 0.25) is 0 Å². The third kappa shape index (κ3) is 4.30. The molecule has 0 fully saturated rings. The standard InChI is InChI=1S/C11H17F2N/c1-8(2)10(7-14)6-5-9(3)11(4,12)13/h5,7,10,14H,1,6H2,2-4H3/b9-5+,14-7?. The largest absolute Gasteiger partial charge is 0.312 e. The summed E-state index contributed by atoms with van der Waals surface area (Å²) in [5.41, 5.74) is 0.870. The highest BCUT2D eigenvalue weighted by Gasteiger charge is 2.23. The average Bonchev–Trinajstić information content (AvgIpc) is 2.02. The molecular weight excluding hydrogens is 184 g/mol. The summed E-state index contributed by atoms with van der Waals surface area (Å²) in [5, 5.41) is 7.09. The zero-order valence-corrected chi connectivity index (χ0v) is 8.90. The highest BCUT2D eigenvalue weighted by molar-refractivity contribution is 5.61. The Morgan fingerprint density at radius 3 is 2.29 bits per heavy atom. The van der Waals surface area contributed by atoms with Crippen molar-refractivity contribution in [3.63, 3.8) is 0 Å². The number of nitrogens with one attached hydrogen (secondary N) is 1. The van der Waals surface area contributed by atoms with Crippen molar-refractivity contribution in [2.45, 2.75) is 33.1 Å². The maximum Gasteiger partial charge on any atom is 0.266 e. The first-order valence-corrected chi connectivity index (χ1v) is 4.50. The Hall–Kier alpha value is -0.990. The number of hydrogen-bond donors (Lipinski definition) is 1. The third-order valence-electron chi connectivity index (χ3n) is 2.20. The SMILES string of the molecule is C=C(C)C(C=N)C/C=C(\C)C(C)(F)F. The van der Waals surface area contributed by atoms with Crippen LogP contribution in [0.4, 0.5) is 8.78 Å². The van der Waals surface area contributed by atoms with Crippen LogP contribution in [-0.4, -0.2) is 12.1 Å². The van der Waals surface area contributed by atoms with Crippen LogP contribution in [-0.2, 0) is 0 Å². The van der Waals surface area contributed by atoms with Crippen LogP contribution in [0.1, 0.15) is 27.2 Å². The van der Waals surface area contributed by atoms with E-state index in [0.29, 0.717) is 6.42 Å². The normalized spacial score (nSPS) is 15.1. The molecule has 0 saturated carbocycles. The molecule has 0 saturated heterocycles. The van der Waals surface area contributed by atoms with Crippen LogP contribution >= 0.6 is 0 Å². The molecule has 1 unspecified atom stereocenters. The summed E-state index contributed by atoms with van der Waals surface area (Å²) >= 11 is 0. The van der Waals surface area contributed by atoms with E-state index in [1.165, 1.54) is 19.2 Å². The van der Waals surface area contributed by atoms with Crippen molar-refractivity contribution >= 4 is 6.21 Å². The second kappa shape index (κ2) is 5.03. The van der Waals surface area contributed by atoms with Crippen LogP contribution in [0.25, 0.3) is 0 Å². The van der Waals surface area contributed by atoms with Gasteiger partial charge in [-0.3, -0.25) is 0 Å². The maximum atomic E-state index is 12.7. The Labute approximate surface area is 84.0 Å². The molecule has 0 aliphatic rings. The summed E-state index contributed by atoms with van der Waals surface area (Å²) in [5.74, 6) is -2.89. The minimum Gasteiger partial charge on any atom is -0.312 e. The molecule has 0 aliphatic heterocycles. The van der Waals surface area contributed by atoms with Gasteiger partial charge in [0.05, 0.1) is 0 Å². The fraction of sp³-hybridized carbons (Fsp3) is 0.545. The van der Waals surface area contributed by atoms with Gasteiger partial charge in [-0.1, -0.05) is 18.2 Å². The lowest BCUT2D eigenvalue weighted by atomic mass is 9.97. The first-order valence-electron chi connectivity index (χ1n) is 4.50. The third-order valence-corrected chi connectivity index (χ3v) is 2.20. The molecule has 1 nitrogen and oxygen atoms in total. The van der Waals surface area contributed by atoms with Gasteiger partial charge < -0.3 is 5.41 Å². The molecule has 0 heterocycles. The van der Waals surface area contributed by atoms with Crippen molar-refractivity contribution in [1.82, 2.24) is 0 Å². The van der Waals surface area contributed by atoms with E-state index in [2.05, 4.69) is 6.58 Å². The number of hydrogen-bond acceptors (Lipinski definition) is 1. The molecule has 0 bridgehead atoms. The fourth-order valence-electron chi connectivity index (χ4n) is 0.894. The summed E-state index contributed by atoms with van der Waals surface area (Å²) in [7, 11) is 0. The van der Waals surface area contributed by atoms with Crippen LogP contribution in [0, 0.1) is 11.3 Å². The highest BCUT2D eigenvalue weighted by Crippen LogP contribution is 2.24. The summed E-state index contributed by atoms with van der Waals surface area (Å²) in [6.45, 7) is 7.77. The zero-order chi connectivity index (χ0) is 11.4. The number of halogens is 2. The van der Waals surface area contributed by atoms with E-state index in [4.69, 9.17) is 5.41 Å². The molecule has 0 aliphatic carbocycles. The van der Waals surface area contributed by atoms with Crippen molar-refractivity contribution in [2.24, 2.45) is 5.92 Å². The molecule has 0 rings (SSSR count). The van der Waals surface area contributed by atoms with Gasteiger partial charge in [-0.15, -0.1) is 0 Å². The molecule has 1 atom stereocenters. The smallest absolute Gasteiger partial charge is 0.266 e. The van der Waals surface area contributed by atoms with Gasteiger partial charge in [0.15, 0.2) is 0 Å². The van der Waals surface area contributed by atoms with Gasteiger partial charge in [0.25, 0.3) is 5.92 Å². The number of rotatable bonds is 5. The van der Waals surface area contributed by atoms with Crippen molar-refractivity contribution in [3.8, 4) is 0 Å². The summed E-state index contributed by atoms with van der Waals surface area (Å²) in [4.78, 5) is 0. The van der Waals surface area contributed by atoms with Gasteiger partial charge in [0.2, 0.25) is 0 Å². The van der Waals surface area contributed by atoms with Gasteiger partial charge in [-0.25, -0.2) is 8.78 Å². The molecule has 0 amide bonds. The molecule has 14 heavy (non-hydrogen) atoms. The topological polar surface area (TPSA) is 23.9 Å². The minimum absolute atomic E-state index is 0.0469. The molecule has 0 aromatic rings. The first kappa shape index (κ1) is 13.0. The van der Waals surface area contributed by atoms with Crippen molar-refractivity contribution in [2.75, 3.05) is 0 Å². The van der Waals surface area contributed by atoms with Crippen molar-refractivity contribution in [1.29, 1.82) is 5.41 Å². The molecule has 0 radical (unpaired) electrons. The van der Waals surface area contributed by atoms with Gasteiger partial charge in [-0.05, 0) is 25.8 Å². The monoisotopic (exact) mass is 201 g/mol. The van der Waals surface area contributed by atoms with Gasteiger partial charge in [0.1, 0.15) is 0 Å². The Kier molecular flexibility index (Phi) is 4.68. The Balaban J connectivity index is 4.41. The Bertz CT molecular complexity index is 249. The second-order valence-corrected chi connectivity index (χ2v) is 3.63. The van der Waals surface area contributed by atoms with Gasteiger partial charge >= 0.3 is 0 Å². The molecule has 1 N–H and O–H groups in total. The summed E-state index contributed by atoms with van der Waals surface area (Å²) < 4.78 is 25.4. The van der Waals surface area contributed by atoms with E-state index >= 15 is 0 Å². The predicted molar refractivity (Wildman–Crippen MR) is 56.1 cm³/mol. The van der Waals surface area contributed by atoms with Crippen molar-refractivity contribution < 1.29 is 8.78 Å². The molecule has 0 aromatic carbocycles. The molecule has 0 spiro atoms. The average molecular weight is 201 g/mol. The van der Waals surface area contributed by atoms with E-state index in [1.54, 1.807) is 6.92 Å². The Morgan fingerprint density at radius 2 is 2.00 bits per heavy atom. The van der Waals surface area contributed by atoms with Gasteiger partial charge in [-0.2, -0.15) is 0 Å². The summed E-state index contributed by atoms with van der Waals surface area (Å²) in [6, 6.07) is 0. The lowest BCUT2D eigenvalue weighted by Crippen LogP contribution is -2.12. The summed E-state index contributed by atoms with van der Waals surface area (Å²) in [6.07, 6.45) is 3.14. The first-order chi connectivity index (χ1) is 6.29. The Morgan fingerprint density at radius 1 is 1.50 bits per heavy atom. The van der Waals surface area contributed by atoms with E-state index in [9.17, 15) is 8.78 Å². The quantitative estimate of drug-likeness (QED) is 0.516. The zero-order valence-electron chi connectivity index (χ0n) is 8.90. The molecular formula is C11H17F2N. The van der Waals surface area contributed by atoms with E-state index in [1.807, 2.05) is 0 Å². The minimum atomic E-state index is -2.76. The van der Waals surface area contributed by atoms with E-state index in [0.717, 1.165) is 12.5 Å². The fourth-order valence-corrected chi connectivity index (χ4v) is 0.894. The van der Waals surface area contributed by atoms with Crippen LogP contribution in [0.15, 0.2) is 23.8 Å². The molecule has 0 aromatic heterocycles. The van der Waals surface area contributed by atoms with Gasteiger partial charge in [0, 0.05) is 19.1 Å². The van der Waals surface area contributed by atoms with E-state index in [-0.39, 0.29) is 11.5 Å². The number of alkyl halides is 2. The van der Waals surface area contributed by atoms with Crippen molar-refractivity contribution in [3.05, 3.63) is 23.8 Å². The molecule has 80 valence electrons. The van der Waals surface area contributed by atoms with Crippen LogP contribution in [0.5, 0.6) is 0 Å². The van der Waals surface area contributed by atoms with Crippen LogP contribution < -0.4 is 0 Å². The lowest BCUT2D eigenvalue weighted by molar-refractivity contribution is 0.0631. The molecule has 3 heteroatoms. The van der Waals surface area contributed by atoms with Crippen LogP contribution in [0.3, 0.4) is 0 Å². The predicted octanol–water partition coefficient (Wildman–Crippen LogP) is 3.82. The second-order valence-electron chi connectivity index (χ2n) is 3.63. The van der Waals surface area contributed by atoms with E-state index < -0.39 is 5.92 Å². The maximum absolute atomic E-state index is 12.7.